The van der Waals surface area contributed by atoms with Gasteiger partial charge in [0.25, 0.3) is 0 Å². The van der Waals surface area contributed by atoms with Crippen molar-refractivity contribution in [3.63, 3.8) is 0 Å². The Bertz CT molecular complexity index is 266. The number of hydrogen-bond acceptors (Lipinski definition) is 3. The Morgan fingerprint density at radius 1 is 1.46 bits per heavy atom. The Morgan fingerprint density at radius 3 is 2.69 bits per heavy atom. The topological polar surface area (TPSA) is 33.1 Å². The predicted octanol–water partition coefficient (Wildman–Crippen LogP) is 2.17. The van der Waals surface area contributed by atoms with Gasteiger partial charge in [0.05, 0.1) is 11.1 Å². The predicted molar refractivity (Wildman–Crippen MR) is 56.1 cm³/mol. The lowest BCUT2D eigenvalue weighted by molar-refractivity contribution is 0.220. The first-order chi connectivity index (χ1) is 6.08. The highest BCUT2D eigenvalue weighted by atomic mass is 32.2. The Balaban J connectivity index is 2.66. The maximum absolute atomic E-state index is 9.10. The molecule has 0 aliphatic rings. The molecular weight excluding hydrogens is 182 g/mol. The van der Waals surface area contributed by atoms with Crippen molar-refractivity contribution in [3.05, 3.63) is 23.4 Å². The van der Waals surface area contributed by atoms with Crippen molar-refractivity contribution in [2.75, 3.05) is 5.75 Å². The smallest absolute Gasteiger partial charge is 0.0966 e. The number of rotatable bonds is 3. The fourth-order valence-corrected chi connectivity index (χ4v) is 1.97. The second-order valence-corrected chi connectivity index (χ2v) is 4.32. The number of pyridine rings is 1. The largest absolute Gasteiger partial charge is 0.393 e. The minimum Gasteiger partial charge on any atom is -0.393 e. The Labute approximate surface area is 83.4 Å². The molecule has 0 unspecified atom stereocenters. The quantitative estimate of drug-likeness (QED) is 0.754. The molecule has 3 heteroatoms. The van der Waals surface area contributed by atoms with E-state index < -0.39 is 0 Å². The third-order valence-corrected chi connectivity index (χ3v) is 2.70. The maximum atomic E-state index is 9.10. The van der Waals surface area contributed by atoms with E-state index in [4.69, 9.17) is 5.11 Å². The Morgan fingerprint density at radius 2 is 2.15 bits per heavy atom. The molecule has 0 aromatic carbocycles. The van der Waals surface area contributed by atoms with Crippen LogP contribution >= 0.6 is 11.8 Å². The SMILES string of the molecule is Cc1cc(C)nc(SC[C@@H](C)O)c1. The summed E-state index contributed by atoms with van der Waals surface area (Å²) in [6.45, 7) is 5.83. The number of nitrogens with zero attached hydrogens (tertiary/aromatic N) is 1. The van der Waals surface area contributed by atoms with Gasteiger partial charge in [0, 0.05) is 11.4 Å². The molecule has 72 valence electrons. The highest BCUT2D eigenvalue weighted by molar-refractivity contribution is 7.99. The van der Waals surface area contributed by atoms with Gasteiger partial charge in [-0.25, -0.2) is 4.98 Å². The van der Waals surface area contributed by atoms with E-state index >= 15 is 0 Å². The molecule has 1 aromatic heterocycles. The number of aliphatic hydroxyl groups excluding tert-OH is 1. The number of aryl methyl sites for hydroxylation is 2. The van der Waals surface area contributed by atoms with Crippen molar-refractivity contribution in [1.29, 1.82) is 0 Å². The van der Waals surface area contributed by atoms with Gasteiger partial charge >= 0.3 is 0 Å². The number of aliphatic hydroxyl groups is 1. The van der Waals surface area contributed by atoms with E-state index in [0.717, 1.165) is 10.7 Å². The standard InChI is InChI=1S/C10H15NOS/c1-7-4-8(2)11-10(5-7)13-6-9(3)12/h4-5,9,12H,6H2,1-3H3/t9-/m1/s1. The molecule has 1 rings (SSSR count). The van der Waals surface area contributed by atoms with Crippen LogP contribution in [0.1, 0.15) is 18.2 Å². The zero-order chi connectivity index (χ0) is 9.84. The third-order valence-electron chi connectivity index (χ3n) is 1.55. The molecule has 1 atom stereocenters. The molecule has 0 aliphatic carbocycles. The van der Waals surface area contributed by atoms with Crippen LogP contribution < -0.4 is 0 Å². The maximum Gasteiger partial charge on any atom is 0.0966 e. The molecule has 1 N–H and O–H groups in total. The summed E-state index contributed by atoms with van der Waals surface area (Å²) in [7, 11) is 0. The number of aromatic nitrogens is 1. The van der Waals surface area contributed by atoms with Crippen molar-refractivity contribution >= 4 is 11.8 Å². The molecule has 0 fully saturated rings. The summed E-state index contributed by atoms with van der Waals surface area (Å²) in [6, 6.07) is 4.09. The second kappa shape index (κ2) is 4.63. The molecule has 2 nitrogen and oxygen atoms in total. The van der Waals surface area contributed by atoms with Crippen molar-refractivity contribution in [2.45, 2.75) is 31.9 Å². The second-order valence-electron chi connectivity index (χ2n) is 3.28. The first-order valence-electron chi connectivity index (χ1n) is 4.34. The van der Waals surface area contributed by atoms with E-state index in [0.29, 0.717) is 5.75 Å². The van der Waals surface area contributed by atoms with Crippen molar-refractivity contribution in [2.24, 2.45) is 0 Å². The van der Waals surface area contributed by atoms with Gasteiger partial charge < -0.3 is 5.11 Å². The average molecular weight is 197 g/mol. The van der Waals surface area contributed by atoms with E-state index in [1.165, 1.54) is 5.56 Å². The van der Waals surface area contributed by atoms with Crippen LogP contribution in [0.15, 0.2) is 17.2 Å². The van der Waals surface area contributed by atoms with Crippen LogP contribution in [-0.2, 0) is 0 Å². The lowest BCUT2D eigenvalue weighted by Crippen LogP contribution is -2.03. The van der Waals surface area contributed by atoms with Crippen LogP contribution in [-0.4, -0.2) is 21.9 Å². The van der Waals surface area contributed by atoms with Crippen molar-refractivity contribution < 1.29 is 5.11 Å². The summed E-state index contributed by atoms with van der Waals surface area (Å²) in [5.41, 5.74) is 2.26. The zero-order valence-corrected chi connectivity index (χ0v) is 9.06. The van der Waals surface area contributed by atoms with E-state index in [-0.39, 0.29) is 6.10 Å². The lowest BCUT2D eigenvalue weighted by atomic mass is 10.3. The van der Waals surface area contributed by atoms with Gasteiger partial charge in [0.2, 0.25) is 0 Å². The Kier molecular flexibility index (Phi) is 3.75. The molecular formula is C10H15NOS. The fourth-order valence-electron chi connectivity index (χ4n) is 1.08. The van der Waals surface area contributed by atoms with Crippen LogP contribution in [0.3, 0.4) is 0 Å². The van der Waals surface area contributed by atoms with Crippen LogP contribution in [0.4, 0.5) is 0 Å². The summed E-state index contributed by atoms with van der Waals surface area (Å²) in [4.78, 5) is 4.36. The first kappa shape index (κ1) is 10.5. The molecule has 0 amide bonds. The molecule has 0 aliphatic heterocycles. The molecule has 1 heterocycles. The van der Waals surface area contributed by atoms with Crippen molar-refractivity contribution in [3.8, 4) is 0 Å². The third kappa shape index (κ3) is 3.79. The van der Waals surface area contributed by atoms with Gasteiger partial charge in [-0.15, -0.1) is 11.8 Å². The summed E-state index contributed by atoms with van der Waals surface area (Å²) < 4.78 is 0. The minimum atomic E-state index is -0.271. The molecule has 0 bridgehead atoms. The van der Waals surface area contributed by atoms with Crippen LogP contribution in [0, 0.1) is 13.8 Å². The van der Waals surface area contributed by atoms with Crippen LogP contribution in [0.25, 0.3) is 0 Å². The molecule has 0 saturated carbocycles. The summed E-state index contributed by atoms with van der Waals surface area (Å²) in [5, 5.41) is 10.1. The molecule has 13 heavy (non-hydrogen) atoms. The van der Waals surface area contributed by atoms with Gasteiger partial charge in [0.1, 0.15) is 0 Å². The monoisotopic (exact) mass is 197 g/mol. The molecule has 0 saturated heterocycles. The van der Waals surface area contributed by atoms with Gasteiger partial charge in [-0.3, -0.25) is 0 Å². The molecule has 0 spiro atoms. The summed E-state index contributed by atoms with van der Waals surface area (Å²) >= 11 is 1.60. The fraction of sp³-hybridized carbons (Fsp3) is 0.500. The average Bonchev–Trinajstić information content (AvgIpc) is 1.99. The minimum absolute atomic E-state index is 0.271. The normalized spacial score (nSPS) is 12.9. The highest BCUT2D eigenvalue weighted by Gasteiger charge is 2.01. The van der Waals surface area contributed by atoms with Crippen molar-refractivity contribution in [1.82, 2.24) is 4.98 Å². The van der Waals surface area contributed by atoms with Gasteiger partial charge in [-0.1, -0.05) is 0 Å². The van der Waals surface area contributed by atoms with Crippen LogP contribution in [0.2, 0.25) is 0 Å². The highest BCUT2D eigenvalue weighted by Crippen LogP contribution is 2.18. The van der Waals surface area contributed by atoms with Crippen LogP contribution in [0.5, 0.6) is 0 Å². The van der Waals surface area contributed by atoms with E-state index in [1.807, 2.05) is 19.1 Å². The van der Waals surface area contributed by atoms with Gasteiger partial charge in [-0.05, 0) is 38.5 Å². The Hall–Kier alpha value is -0.540. The summed E-state index contributed by atoms with van der Waals surface area (Å²) in [5.74, 6) is 0.704. The van der Waals surface area contributed by atoms with E-state index in [2.05, 4.69) is 11.9 Å². The number of thioether (sulfide) groups is 1. The summed E-state index contributed by atoms with van der Waals surface area (Å²) in [6.07, 6.45) is -0.271. The van der Waals surface area contributed by atoms with E-state index in [9.17, 15) is 0 Å². The number of hydrogen-bond donors (Lipinski definition) is 1. The van der Waals surface area contributed by atoms with Gasteiger partial charge in [-0.2, -0.15) is 0 Å². The van der Waals surface area contributed by atoms with E-state index in [1.54, 1.807) is 18.7 Å². The van der Waals surface area contributed by atoms with Gasteiger partial charge in [0.15, 0.2) is 0 Å². The lowest BCUT2D eigenvalue weighted by Gasteiger charge is -2.05. The zero-order valence-electron chi connectivity index (χ0n) is 8.24. The molecule has 0 radical (unpaired) electrons. The molecule has 1 aromatic rings. The first-order valence-corrected chi connectivity index (χ1v) is 5.32.